The van der Waals surface area contributed by atoms with Crippen molar-refractivity contribution in [3.63, 3.8) is 0 Å². The highest BCUT2D eigenvalue weighted by molar-refractivity contribution is 6.31. The number of aryl methyl sites for hydroxylation is 2. The van der Waals surface area contributed by atoms with Crippen LogP contribution < -0.4 is 10.1 Å². The molecule has 0 aliphatic heterocycles. The first-order valence-electron chi connectivity index (χ1n) is 5.88. The predicted octanol–water partition coefficient (Wildman–Crippen LogP) is 4.39. The van der Waals surface area contributed by atoms with Gasteiger partial charge in [-0.2, -0.15) is 0 Å². The molecule has 0 atom stereocenters. The molecule has 0 aliphatic carbocycles. The number of nitrogens with zero attached hydrogens (tertiary/aromatic N) is 2. The van der Waals surface area contributed by atoms with Gasteiger partial charge in [0.2, 0.25) is 0 Å². The number of anilines is 2. The molecule has 0 bridgehead atoms. The van der Waals surface area contributed by atoms with Gasteiger partial charge in [-0.1, -0.05) is 17.7 Å². The molecular formula is C13H11ClF3N3O. The highest BCUT2D eigenvalue weighted by Crippen LogP contribution is 2.28. The number of hydrogen-bond donors (Lipinski definition) is 1. The van der Waals surface area contributed by atoms with Gasteiger partial charge in [-0.3, -0.25) is 0 Å². The Morgan fingerprint density at radius 2 is 1.81 bits per heavy atom. The van der Waals surface area contributed by atoms with Crippen molar-refractivity contribution in [1.82, 2.24) is 9.97 Å². The van der Waals surface area contributed by atoms with Crippen LogP contribution >= 0.6 is 11.6 Å². The minimum atomic E-state index is -4.74. The second-order valence-electron chi connectivity index (χ2n) is 4.23. The van der Waals surface area contributed by atoms with Crippen LogP contribution in [-0.2, 0) is 0 Å². The minimum absolute atomic E-state index is 0.139. The molecule has 0 saturated carbocycles. The molecule has 0 radical (unpaired) electrons. The molecule has 0 fully saturated rings. The quantitative estimate of drug-likeness (QED) is 0.912. The first-order chi connectivity index (χ1) is 9.74. The summed E-state index contributed by atoms with van der Waals surface area (Å²) >= 11 is 5.95. The van der Waals surface area contributed by atoms with Crippen molar-refractivity contribution in [3.8, 4) is 5.75 Å². The van der Waals surface area contributed by atoms with Gasteiger partial charge in [-0.15, -0.1) is 13.2 Å². The lowest BCUT2D eigenvalue weighted by atomic mass is 10.3. The van der Waals surface area contributed by atoms with E-state index in [1.165, 1.54) is 18.2 Å². The second kappa shape index (κ2) is 5.77. The Morgan fingerprint density at radius 3 is 2.48 bits per heavy atom. The van der Waals surface area contributed by atoms with Gasteiger partial charge in [-0.05, 0) is 26.0 Å². The summed E-state index contributed by atoms with van der Waals surface area (Å²) in [5, 5.41) is 2.95. The molecule has 112 valence electrons. The van der Waals surface area contributed by atoms with Crippen molar-refractivity contribution in [1.29, 1.82) is 0 Å². The summed E-state index contributed by atoms with van der Waals surface area (Å²) in [5.74, 6) is -0.0654. The Morgan fingerprint density at radius 1 is 1.14 bits per heavy atom. The van der Waals surface area contributed by atoms with Crippen LogP contribution in [0.25, 0.3) is 0 Å². The van der Waals surface area contributed by atoms with Gasteiger partial charge >= 0.3 is 6.36 Å². The molecule has 8 heteroatoms. The summed E-state index contributed by atoms with van der Waals surface area (Å²) in [5.41, 5.74) is 1.71. The number of nitrogens with one attached hydrogen (secondary N) is 1. The SMILES string of the molecule is Cc1nc(Cl)c(Nc2cccc(OC(F)(F)F)c2)nc1C. The van der Waals surface area contributed by atoms with Gasteiger partial charge in [0.05, 0.1) is 11.4 Å². The molecular weight excluding hydrogens is 307 g/mol. The zero-order valence-electron chi connectivity index (χ0n) is 11.1. The zero-order valence-corrected chi connectivity index (χ0v) is 11.9. The molecule has 2 rings (SSSR count). The minimum Gasteiger partial charge on any atom is -0.406 e. The summed E-state index contributed by atoms with van der Waals surface area (Å²) in [4.78, 5) is 8.28. The number of hydrogen-bond acceptors (Lipinski definition) is 4. The van der Waals surface area contributed by atoms with E-state index >= 15 is 0 Å². The van der Waals surface area contributed by atoms with Gasteiger partial charge in [0, 0.05) is 11.8 Å². The fourth-order valence-electron chi connectivity index (χ4n) is 1.56. The van der Waals surface area contributed by atoms with Crippen molar-refractivity contribution in [2.24, 2.45) is 0 Å². The topological polar surface area (TPSA) is 47.0 Å². The van der Waals surface area contributed by atoms with Crippen molar-refractivity contribution in [2.45, 2.75) is 20.2 Å². The van der Waals surface area contributed by atoms with Crippen LogP contribution in [0.5, 0.6) is 5.75 Å². The third-order valence-corrected chi connectivity index (χ3v) is 2.86. The Bertz CT molecular complexity index is 662. The van der Waals surface area contributed by atoms with Crippen LogP contribution in [0, 0.1) is 13.8 Å². The lowest BCUT2D eigenvalue weighted by Gasteiger charge is -2.12. The number of ether oxygens (including phenoxy) is 1. The molecule has 0 amide bonds. The van der Waals surface area contributed by atoms with E-state index < -0.39 is 6.36 Å². The Labute approximate surface area is 123 Å². The molecule has 0 saturated heterocycles. The van der Waals surface area contributed by atoms with Gasteiger partial charge in [-0.25, -0.2) is 9.97 Å². The maximum atomic E-state index is 12.2. The maximum absolute atomic E-state index is 12.2. The third-order valence-electron chi connectivity index (χ3n) is 2.59. The Balaban J connectivity index is 2.24. The van der Waals surface area contributed by atoms with E-state index in [2.05, 4.69) is 20.0 Å². The fraction of sp³-hybridized carbons (Fsp3) is 0.231. The molecule has 0 aliphatic rings. The summed E-state index contributed by atoms with van der Waals surface area (Å²) < 4.78 is 40.4. The highest BCUT2D eigenvalue weighted by atomic mass is 35.5. The van der Waals surface area contributed by atoms with E-state index in [-0.39, 0.29) is 16.7 Å². The van der Waals surface area contributed by atoms with Gasteiger partial charge in [0.25, 0.3) is 0 Å². The van der Waals surface area contributed by atoms with Crippen LogP contribution in [0.4, 0.5) is 24.7 Å². The predicted molar refractivity (Wildman–Crippen MR) is 72.9 cm³/mol. The van der Waals surface area contributed by atoms with Gasteiger partial charge in [0.15, 0.2) is 11.0 Å². The van der Waals surface area contributed by atoms with Crippen molar-refractivity contribution >= 4 is 23.1 Å². The Kier molecular flexibility index (Phi) is 4.22. The fourth-order valence-corrected chi connectivity index (χ4v) is 1.78. The van der Waals surface area contributed by atoms with Crippen molar-refractivity contribution in [3.05, 3.63) is 40.8 Å². The number of benzene rings is 1. The van der Waals surface area contributed by atoms with E-state index in [9.17, 15) is 13.2 Å². The van der Waals surface area contributed by atoms with Crippen LogP contribution in [0.3, 0.4) is 0 Å². The molecule has 0 spiro atoms. The van der Waals surface area contributed by atoms with E-state index in [0.29, 0.717) is 17.1 Å². The van der Waals surface area contributed by atoms with Gasteiger partial charge in [0.1, 0.15) is 5.75 Å². The third kappa shape index (κ3) is 4.22. The van der Waals surface area contributed by atoms with E-state index in [0.717, 1.165) is 0 Å². The number of alkyl halides is 3. The summed E-state index contributed by atoms with van der Waals surface area (Å²) in [6, 6.07) is 5.38. The molecule has 1 aromatic heterocycles. The molecule has 21 heavy (non-hydrogen) atoms. The van der Waals surface area contributed by atoms with Crippen LogP contribution in [-0.4, -0.2) is 16.3 Å². The second-order valence-corrected chi connectivity index (χ2v) is 4.59. The van der Waals surface area contributed by atoms with Crippen LogP contribution in [0.2, 0.25) is 5.15 Å². The van der Waals surface area contributed by atoms with Crippen molar-refractivity contribution in [2.75, 3.05) is 5.32 Å². The average Bonchev–Trinajstić information content (AvgIpc) is 2.34. The van der Waals surface area contributed by atoms with Crippen LogP contribution in [0.1, 0.15) is 11.4 Å². The lowest BCUT2D eigenvalue weighted by molar-refractivity contribution is -0.274. The van der Waals surface area contributed by atoms with Crippen molar-refractivity contribution < 1.29 is 17.9 Å². The highest BCUT2D eigenvalue weighted by Gasteiger charge is 2.31. The monoisotopic (exact) mass is 317 g/mol. The summed E-state index contributed by atoms with van der Waals surface area (Å²) in [6.07, 6.45) is -4.74. The number of halogens is 4. The van der Waals surface area contributed by atoms with E-state index in [1.807, 2.05) is 0 Å². The standard InChI is InChI=1S/C13H11ClF3N3O/c1-7-8(2)19-12(11(14)18-7)20-9-4-3-5-10(6-9)21-13(15,16)17/h3-6H,1-2H3,(H,19,20). The maximum Gasteiger partial charge on any atom is 0.573 e. The van der Waals surface area contributed by atoms with E-state index in [4.69, 9.17) is 11.6 Å². The summed E-state index contributed by atoms with van der Waals surface area (Å²) in [6.45, 7) is 3.52. The van der Waals surface area contributed by atoms with E-state index in [1.54, 1.807) is 19.9 Å². The molecule has 4 nitrogen and oxygen atoms in total. The smallest absolute Gasteiger partial charge is 0.406 e. The van der Waals surface area contributed by atoms with Crippen LogP contribution in [0.15, 0.2) is 24.3 Å². The first-order valence-corrected chi connectivity index (χ1v) is 6.26. The molecule has 1 aromatic carbocycles. The number of rotatable bonds is 3. The average molecular weight is 318 g/mol. The summed E-state index contributed by atoms with van der Waals surface area (Å²) in [7, 11) is 0. The Hall–Kier alpha value is -2.02. The first kappa shape index (κ1) is 15.4. The molecule has 1 heterocycles. The van der Waals surface area contributed by atoms with Gasteiger partial charge < -0.3 is 10.1 Å². The lowest BCUT2D eigenvalue weighted by Crippen LogP contribution is -2.17. The zero-order chi connectivity index (χ0) is 15.6. The normalized spacial score (nSPS) is 11.3. The largest absolute Gasteiger partial charge is 0.573 e. The molecule has 0 unspecified atom stereocenters. The molecule has 1 N–H and O–H groups in total. The number of aromatic nitrogens is 2. The molecule has 2 aromatic rings.